The summed E-state index contributed by atoms with van der Waals surface area (Å²) in [6.07, 6.45) is 3.85. The molecule has 3 saturated heterocycles. The number of aromatic nitrogens is 1. The van der Waals surface area contributed by atoms with E-state index in [-0.39, 0.29) is 11.9 Å². The number of rotatable bonds is 3. The molecular weight excluding hydrogens is 302 g/mol. The van der Waals surface area contributed by atoms with Crippen LogP contribution >= 0.6 is 0 Å². The summed E-state index contributed by atoms with van der Waals surface area (Å²) in [4.78, 5) is 17.5. The van der Waals surface area contributed by atoms with Crippen LogP contribution in [-0.2, 0) is 6.54 Å². The number of fused-ring (bicyclic) bond motifs is 4. The second-order valence-electron chi connectivity index (χ2n) is 7.03. The van der Waals surface area contributed by atoms with Gasteiger partial charge in [0.25, 0.3) is 5.91 Å². The highest BCUT2D eigenvalue weighted by Crippen LogP contribution is 2.30. The van der Waals surface area contributed by atoms with Gasteiger partial charge in [-0.15, -0.1) is 0 Å². The Bertz CT molecular complexity index is 712. The lowest BCUT2D eigenvalue weighted by Crippen LogP contribution is -2.47. The Kier molecular flexibility index (Phi) is 4.10. The topological polar surface area (TPSA) is 49.6 Å². The largest absolute Gasteiger partial charge is 0.361 e. The molecular formula is C19H23N3O2. The minimum absolute atomic E-state index is 0.0741. The lowest BCUT2D eigenvalue weighted by Gasteiger charge is -2.36. The molecule has 5 rings (SSSR count). The van der Waals surface area contributed by atoms with Crippen LogP contribution in [0, 0.1) is 12.8 Å². The number of amides is 1. The number of carbonyl (C=O) groups excluding carboxylic acids is 1. The fourth-order valence-corrected chi connectivity index (χ4v) is 4.06. The molecule has 0 unspecified atom stereocenters. The van der Waals surface area contributed by atoms with E-state index in [0.29, 0.717) is 17.2 Å². The van der Waals surface area contributed by atoms with E-state index in [1.54, 1.807) is 13.1 Å². The summed E-state index contributed by atoms with van der Waals surface area (Å²) >= 11 is 0. The summed E-state index contributed by atoms with van der Waals surface area (Å²) in [6.45, 7) is 5.62. The predicted molar refractivity (Wildman–Crippen MR) is 90.5 cm³/mol. The SMILES string of the molecule is Cc1oncc1C(=O)N1C[C@H]2CC[C@@H]1CN(Cc1ccccc1)C2. The Morgan fingerprint density at radius 1 is 1.21 bits per heavy atom. The molecule has 3 aliphatic heterocycles. The molecule has 3 aliphatic rings. The number of aryl methyl sites for hydroxylation is 1. The van der Waals surface area contributed by atoms with Crippen molar-refractivity contribution in [2.75, 3.05) is 19.6 Å². The van der Waals surface area contributed by atoms with E-state index in [4.69, 9.17) is 4.52 Å². The maximum Gasteiger partial charge on any atom is 0.259 e. The standard InChI is InChI=1S/C19H23N3O2/c1-14-18(9-20-24-14)19(23)22-12-16-7-8-17(22)13-21(11-16)10-15-5-3-2-4-6-15/h2-6,9,16-17H,7-8,10-13H2,1H3/t16-,17+/m0/s1. The number of hydrogen-bond acceptors (Lipinski definition) is 4. The van der Waals surface area contributed by atoms with Gasteiger partial charge in [-0.05, 0) is 31.2 Å². The van der Waals surface area contributed by atoms with Crippen molar-refractivity contribution in [3.63, 3.8) is 0 Å². The monoisotopic (exact) mass is 325 g/mol. The van der Waals surface area contributed by atoms with Crippen molar-refractivity contribution in [1.29, 1.82) is 0 Å². The first-order valence-corrected chi connectivity index (χ1v) is 8.69. The van der Waals surface area contributed by atoms with Crippen LogP contribution in [0.1, 0.15) is 34.5 Å². The van der Waals surface area contributed by atoms with Crippen LogP contribution in [0.4, 0.5) is 0 Å². The fourth-order valence-electron chi connectivity index (χ4n) is 4.06. The molecule has 0 spiro atoms. The van der Waals surface area contributed by atoms with Gasteiger partial charge < -0.3 is 9.42 Å². The van der Waals surface area contributed by atoms with Crippen molar-refractivity contribution >= 4 is 5.91 Å². The second-order valence-corrected chi connectivity index (χ2v) is 7.03. The molecule has 0 radical (unpaired) electrons. The number of carbonyl (C=O) groups is 1. The van der Waals surface area contributed by atoms with E-state index in [9.17, 15) is 4.79 Å². The van der Waals surface area contributed by atoms with Crippen molar-refractivity contribution < 1.29 is 9.32 Å². The minimum atomic E-state index is 0.0741. The Balaban J connectivity index is 1.51. The highest BCUT2D eigenvalue weighted by atomic mass is 16.5. The van der Waals surface area contributed by atoms with Gasteiger partial charge in [0.2, 0.25) is 0 Å². The lowest BCUT2D eigenvalue weighted by molar-refractivity contribution is 0.0583. The summed E-state index contributed by atoms with van der Waals surface area (Å²) in [7, 11) is 0. The zero-order valence-corrected chi connectivity index (χ0v) is 14.0. The number of nitrogens with zero attached hydrogens (tertiary/aromatic N) is 3. The van der Waals surface area contributed by atoms with Crippen molar-refractivity contribution in [1.82, 2.24) is 15.0 Å². The summed E-state index contributed by atoms with van der Waals surface area (Å²) in [5.74, 6) is 1.24. The van der Waals surface area contributed by atoms with Gasteiger partial charge in [-0.1, -0.05) is 35.5 Å². The smallest absolute Gasteiger partial charge is 0.259 e. The Morgan fingerprint density at radius 3 is 2.79 bits per heavy atom. The van der Waals surface area contributed by atoms with Crippen molar-refractivity contribution in [2.45, 2.75) is 32.4 Å². The van der Waals surface area contributed by atoms with Gasteiger partial charge in [0.15, 0.2) is 0 Å². The molecule has 2 aromatic rings. The van der Waals surface area contributed by atoms with Gasteiger partial charge in [0.05, 0.1) is 6.20 Å². The predicted octanol–water partition coefficient (Wildman–Crippen LogP) is 2.72. The molecule has 4 heterocycles. The van der Waals surface area contributed by atoms with Crippen LogP contribution in [-0.4, -0.2) is 46.5 Å². The van der Waals surface area contributed by atoms with E-state index in [2.05, 4.69) is 45.3 Å². The molecule has 0 N–H and O–H groups in total. The van der Waals surface area contributed by atoms with Crippen LogP contribution in [0.5, 0.6) is 0 Å². The zero-order valence-electron chi connectivity index (χ0n) is 14.0. The van der Waals surface area contributed by atoms with Crippen molar-refractivity contribution in [3.05, 3.63) is 53.4 Å². The Labute approximate surface area is 142 Å². The molecule has 1 aromatic heterocycles. The first-order valence-electron chi connectivity index (χ1n) is 8.69. The van der Waals surface area contributed by atoms with Gasteiger partial charge in [0, 0.05) is 32.2 Å². The van der Waals surface area contributed by atoms with Gasteiger partial charge in [0.1, 0.15) is 11.3 Å². The third kappa shape index (κ3) is 2.96. The van der Waals surface area contributed by atoms with Crippen LogP contribution in [0.15, 0.2) is 41.1 Å². The number of piperidine rings is 1. The minimum Gasteiger partial charge on any atom is -0.361 e. The third-order valence-electron chi connectivity index (χ3n) is 5.28. The highest BCUT2D eigenvalue weighted by molar-refractivity contribution is 5.95. The molecule has 2 bridgehead atoms. The fraction of sp³-hybridized carbons (Fsp3) is 0.474. The van der Waals surface area contributed by atoms with Gasteiger partial charge in [-0.3, -0.25) is 9.69 Å². The highest BCUT2D eigenvalue weighted by Gasteiger charge is 2.38. The van der Waals surface area contributed by atoms with Crippen LogP contribution in [0.25, 0.3) is 0 Å². The van der Waals surface area contributed by atoms with E-state index in [1.165, 1.54) is 12.0 Å². The summed E-state index contributed by atoms with van der Waals surface area (Å²) in [5.41, 5.74) is 1.95. The van der Waals surface area contributed by atoms with E-state index in [0.717, 1.165) is 32.6 Å². The average molecular weight is 325 g/mol. The van der Waals surface area contributed by atoms with Gasteiger partial charge in [-0.2, -0.15) is 0 Å². The molecule has 5 nitrogen and oxygen atoms in total. The Morgan fingerprint density at radius 2 is 2.04 bits per heavy atom. The van der Waals surface area contributed by atoms with E-state index in [1.807, 2.05) is 0 Å². The van der Waals surface area contributed by atoms with Crippen molar-refractivity contribution in [2.24, 2.45) is 5.92 Å². The normalized spacial score (nSPS) is 24.1. The molecule has 3 fully saturated rings. The van der Waals surface area contributed by atoms with Gasteiger partial charge in [-0.25, -0.2) is 0 Å². The second kappa shape index (κ2) is 6.40. The van der Waals surface area contributed by atoms with E-state index >= 15 is 0 Å². The quantitative estimate of drug-likeness (QED) is 0.871. The molecule has 126 valence electrons. The average Bonchev–Trinajstić information content (AvgIpc) is 2.83. The van der Waals surface area contributed by atoms with Crippen LogP contribution in [0.2, 0.25) is 0 Å². The zero-order chi connectivity index (χ0) is 16.5. The summed E-state index contributed by atoms with van der Waals surface area (Å²) < 4.78 is 5.08. The molecule has 24 heavy (non-hydrogen) atoms. The van der Waals surface area contributed by atoms with Crippen LogP contribution in [0.3, 0.4) is 0 Å². The maximum absolute atomic E-state index is 12.9. The number of benzene rings is 1. The summed E-state index contributed by atoms with van der Waals surface area (Å²) in [6, 6.07) is 10.9. The summed E-state index contributed by atoms with van der Waals surface area (Å²) in [5, 5.41) is 3.76. The maximum atomic E-state index is 12.9. The third-order valence-corrected chi connectivity index (χ3v) is 5.28. The van der Waals surface area contributed by atoms with E-state index < -0.39 is 0 Å². The molecule has 2 atom stereocenters. The molecule has 0 saturated carbocycles. The van der Waals surface area contributed by atoms with Gasteiger partial charge >= 0.3 is 0 Å². The molecule has 1 aromatic carbocycles. The van der Waals surface area contributed by atoms with Crippen LogP contribution < -0.4 is 0 Å². The van der Waals surface area contributed by atoms with Crippen molar-refractivity contribution in [3.8, 4) is 0 Å². The molecule has 0 aliphatic carbocycles. The number of hydrogen-bond donors (Lipinski definition) is 0. The lowest BCUT2D eigenvalue weighted by atomic mass is 9.94. The Hall–Kier alpha value is -2.14. The molecule has 1 amide bonds. The first kappa shape index (κ1) is 15.4. The first-order chi connectivity index (χ1) is 11.7. The molecule has 5 heteroatoms.